The van der Waals surface area contributed by atoms with Gasteiger partial charge < -0.3 is 15.5 Å². The first-order chi connectivity index (χ1) is 9.27. The highest BCUT2D eigenvalue weighted by Crippen LogP contribution is 2.08. The first-order valence-corrected chi connectivity index (χ1v) is 7.55. The van der Waals surface area contributed by atoms with E-state index in [-0.39, 0.29) is 0 Å². The van der Waals surface area contributed by atoms with Crippen LogP contribution in [0.25, 0.3) is 0 Å². The monoisotopic (exact) mass is 266 g/mol. The number of terminal acetylenes is 1. The fourth-order valence-electron chi connectivity index (χ4n) is 2.49. The molecule has 2 saturated heterocycles. The molecule has 1 unspecified atom stereocenters. The molecule has 4 heteroatoms. The highest BCUT2D eigenvalue weighted by atomic mass is 15.2. The summed E-state index contributed by atoms with van der Waals surface area (Å²) in [6.45, 7) is 11.5. The molecule has 0 aromatic rings. The molecule has 1 atom stereocenters. The molecule has 4 nitrogen and oxygen atoms in total. The molecule has 0 bridgehead atoms. The third kappa shape index (κ3) is 6.93. The second kappa shape index (κ2) is 10.2. The fraction of sp³-hybridized carbons (Fsp3) is 0.867. The van der Waals surface area contributed by atoms with Crippen LogP contribution in [0.15, 0.2) is 0 Å². The van der Waals surface area contributed by atoms with E-state index >= 15 is 0 Å². The zero-order valence-electron chi connectivity index (χ0n) is 12.6. The first kappa shape index (κ1) is 16.5. The van der Waals surface area contributed by atoms with Crippen molar-refractivity contribution in [3.63, 3.8) is 0 Å². The van der Waals surface area contributed by atoms with Crippen LogP contribution in [0.2, 0.25) is 0 Å². The van der Waals surface area contributed by atoms with E-state index in [0.717, 1.165) is 45.7 Å². The number of hydrogen-bond donors (Lipinski definition) is 2. The van der Waals surface area contributed by atoms with Crippen LogP contribution in [0.5, 0.6) is 0 Å². The Kier molecular flexibility index (Phi) is 8.85. The Morgan fingerprint density at radius 2 is 1.58 bits per heavy atom. The van der Waals surface area contributed by atoms with Gasteiger partial charge in [0.05, 0.1) is 0 Å². The van der Waals surface area contributed by atoms with Crippen LogP contribution in [0.3, 0.4) is 0 Å². The molecule has 0 spiro atoms. The maximum atomic E-state index is 5.32. The molecule has 110 valence electrons. The maximum absolute atomic E-state index is 5.32. The Morgan fingerprint density at radius 1 is 1.05 bits per heavy atom. The van der Waals surface area contributed by atoms with Crippen LogP contribution in [-0.2, 0) is 0 Å². The summed E-state index contributed by atoms with van der Waals surface area (Å²) in [4.78, 5) is 4.83. The van der Waals surface area contributed by atoms with Crippen LogP contribution >= 0.6 is 0 Å². The minimum atomic E-state index is 0.608. The SMILES string of the molecule is C#CCC(CC)N1CCNCC1.CN1CCNCC1. The summed E-state index contributed by atoms with van der Waals surface area (Å²) in [6.07, 6.45) is 7.39. The van der Waals surface area contributed by atoms with Gasteiger partial charge in [0.1, 0.15) is 0 Å². The number of piperazine rings is 2. The Hall–Kier alpha value is -0.600. The van der Waals surface area contributed by atoms with Crippen molar-refractivity contribution >= 4 is 0 Å². The van der Waals surface area contributed by atoms with Gasteiger partial charge in [0.15, 0.2) is 0 Å². The third-order valence-corrected chi connectivity index (χ3v) is 3.83. The number of hydrogen-bond acceptors (Lipinski definition) is 4. The van der Waals surface area contributed by atoms with E-state index in [1.165, 1.54) is 19.5 Å². The van der Waals surface area contributed by atoms with Gasteiger partial charge in [0.2, 0.25) is 0 Å². The molecule has 2 rings (SSSR count). The molecule has 2 N–H and O–H groups in total. The zero-order chi connectivity index (χ0) is 13.9. The van der Waals surface area contributed by atoms with E-state index in [0.29, 0.717) is 6.04 Å². The topological polar surface area (TPSA) is 30.5 Å². The lowest BCUT2D eigenvalue weighted by atomic mass is 10.1. The Balaban J connectivity index is 0.000000218. The second-order valence-electron chi connectivity index (χ2n) is 5.31. The number of rotatable bonds is 3. The van der Waals surface area contributed by atoms with Crippen LogP contribution in [-0.4, -0.2) is 75.2 Å². The van der Waals surface area contributed by atoms with Gasteiger partial charge in [-0.15, -0.1) is 12.3 Å². The summed E-state index contributed by atoms with van der Waals surface area (Å²) in [7, 11) is 2.15. The second-order valence-corrected chi connectivity index (χ2v) is 5.31. The molecule has 0 saturated carbocycles. The first-order valence-electron chi connectivity index (χ1n) is 7.55. The van der Waals surface area contributed by atoms with E-state index in [1.54, 1.807) is 0 Å². The molecular formula is C15H30N4. The van der Waals surface area contributed by atoms with Gasteiger partial charge in [-0.25, -0.2) is 0 Å². The van der Waals surface area contributed by atoms with Crippen molar-refractivity contribution in [3.05, 3.63) is 0 Å². The molecule has 0 aromatic carbocycles. The van der Waals surface area contributed by atoms with Gasteiger partial charge in [-0.05, 0) is 13.5 Å². The highest BCUT2D eigenvalue weighted by Gasteiger charge is 2.17. The quantitative estimate of drug-likeness (QED) is 0.715. The normalized spacial score (nSPS) is 23.0. The largest absolute Gasteiger partial charge is 0.314 e. The average molecular weight is 266 g/mol. The predicted molar refractivity (Wildman–Crippen MR) is 82.3 cm³/mol. The Bertz CT molecular complexity index is 249. The molecule has 2 fully saturated rings. The van der Waals surface area contributed by atoms with Gasteiger partial charge >= 0.3 is 0 Å². The van der Waals surface area contributed by atoms with Crippen LogP contribution in [0.4, 0.5) is 0 Å². The van der Waals surface area contributed by atoms with E-state index in [2.05, 4.69) is 40.3 Å². The lowest BCUT2D eigenvalue weighted by molar-refractivity contribution is 0.171. The van der Waals surface area contributed by atoms with E-state index in [4.69, 9.17) is 6.42 Å². The lowest BCUT2D eigenvalue weighted by Crippen LogP contribution is -2.48. The minimum Gasteiger partial charge on any atom is -0.314 e. The van der Waals surface area contributed by atoms with Crippen LogP contribution < -0.4 is 10.6 Å². The van der Waals surface area contributed by atoms with Gasteiger partial charge in [-0.2, -0.15) is 0 Å². The molecule has 2 aliphatic rings. The summed E-state index contributed by atoms with van der Waals surface area (Å²) in [5.74, 6) is 2.75. The molecule has 0 aliphatic carbocycles. The van der Waals surface area contributed by atoms with Crippen LogP contribution in [0, 0.1) is 12.3 Å². The summed E-state index contributed by atoms with van der Waals surface area (Å²) in [6, 6.07) is 0.608. The fourth-order valence-corrected chi connectivity index (χ4v) is 2.49. The lowest BCUT2D eigenvalue weighted by Gasteiger charge is -2.33. The minimum absolute atomic E-state index is 0.608. The smallest absolute Gasteiger partial charge is 0.0242 e. The summed E-state index contributed by atoms with van der Waals surface area (Å²) in [5.41, 5.74) is 0. The summed E-state index contributed by atoms with van der Waals surface area (Å²) < 4.78 is 0. The van der Waals surface area contributed by atoms with Crippen molar-refractivity contribution in [1.29, 1.82) is 0 Å². The van der Waals surface area contributed by atoms with Crippen LogP contribution in [0.1, 0.15) is 19.8 Å². The highest BCUT2D eigenvalue weighted by molar-refractivity contribution is 4.91. The molecule has 2 heterocycles. The van der Waals surface area contributed by atoms with Crippen molar-refractivity contribution in [2.45, 2.75) is 25.8 Å². The van der Waals surface area contributed by atoms with Gasteiger partial charge in [0.25, 0.3) is 0 Å². The summed E-state index contributed by atoms with van der Waals surface area (Å²) >= 11 is 0. The summed E-state index contributed by atoms with van der Waals surface area (Å²) in [5, 5.41) is 6.62. The van der Waals surface area contributed by atoms with Crippen molar-refractivity contribution < 1.29 is 0 Å². The molecule has 0 radical (unpaired) electrons. The van der Waals surface area contributed by atoms with Gasteiger partial charge in [0, 0.05) is 64.8 Å². The molecule has 0 amide bonds. The Labute approximate surface area is 118 Å². The third-order valence-electron chi connectivity index (χ3n) is 3.83. The molecule has 19 heavy (non-hydrogen) atoms. The van der Waals surface area contributed by atoms with Crippen molar-refractivity contribution in [2.75, 3.05) is 59.4 Å². The molecule has 0 aromatic heterocycles. The predicted octanol–water partition coefficient (Wildman–Crippen LogP) is 0.215. The van der Waals surface area contributed by atoms with Crippen molar-refractivity contribution in [1.82, 2.24) is 20.4 Å². The van der Waals surface area contributed by atoms with Crippen molar-refractivity contribution in [3.8, 4) is 12.3 Å². The average Bonchev–Trinajstić information content (AvgIpc) is 2.47. The van der Waals surface area contributed by atoms with E-state index < -0.39 is 0 Å². The maximum Gasteiger partial charge on any atom is 0.0242 e. The Morgan fingerprint density at radius 3 is 1.95 bits per heavy atom. The number of nitrogens with one attached hydrogen (secondary N) is 2. The van der Waals surface area contributed by atoms with E-state index in [1.807, 2.05) is 0 Å². The van der Waals surface area contributed by atoms with Gasteiger partial charge in [-0.1, -0.05) is 6.92 Å². The molecular weight excluding hydrogens is 236 g/mol. The van der Waals surface area contributed by atoms with Crippen molar-refractivity contribution in [2.24, 2.45) is 0 Å². The number of nitrogens with zero attached hydrogens (tertiary/aromatic N) is 2. The standard InChI is InChI=1S/C10H18N2.C5H12N2/c1-3-5-10(4-2)12-8-6-11-7-9-12;1-7-4-2-6-3-5-7/h1,10-11H,4-9H2,2H3;6H,2-5H2,1H3. The molecule has 2 aliphatic heterocycles. The zero-order valence-corrected chi connectivity index (χ0v) is 12.6. The number of likely N-dealkylation sites (N-methyl/N-ethyl adjacent to an activating group) is 1. The van der Waals surface area contributed by atoms with Gasteiger partial charge in [-0.3, -0.25) is 4.90 Å². The van der Waals surface area contributed by atoms with E-state index in [9.17, 15) is 0 Å².